The van der Waals surface area contributed by atoms with E-state index in [1.54, 1.807) is 30.3 Å². The lowest BCUT2D eigenvalue weighted by atomic mass is 9.88. The highest BCUT2D eigenvalue weighted by molar-refractivity contribution is 6.30. The van der Waals surface area contributed by atoms with Gasteiger partial charge in [-0.15, -0.1) is 0 Å². The molecule has 2 rings (SSSR count). The van der Waals surface area contributed by atoms with Crippen LogP contribution in [0.5, 0.6) is 0 Å². The number of ether oxygens (including phenoxy) is 1. The molecule has 0 aromatic heterocycles. The van der Waals surface area contributed by atoms with E-state index in [9.17, 15) is 4.79 Å². The summed E-state index contributed by atoms with van der Waals surface area (Å²) in [5, 5.41) is 9.71. The van der Waals surface area contributed by atoms with E-state index in [0.717, 1.165) is 5.56 Å². The van der Waals surface area contributed by atoms with Crippen LogP contribution in [0.1, 0.15) is 36.5 Å². The highest BCUT2D eigenvalue weighted by Crippen LogP contribution is 2.27. The van der Waals surface area contributed by atoms with Crippen LogP contribution in [0.2, 0.25) is 5.02 Å². The van der Waals surface area contributed by atoms with E-state index < -0.39 is 0 Å². The van der Waals surface area contributed by atoms with Gasteiger partial charge in [-0.1, -0.05) is 55.8 Å². The summed E-state index contributed by atoms with van der Waals surface area (Å²) in [7, 11) is 0. The summed E-state index contributed by atoms with van der Waals surface area (Å²) < 4.78 is 5.46. The fourth-order valence-corrected chi connectivity index (χ4v) is 2.58. The molecule has 1 atom stereocenters. The lowest BCUT2D eigenvalue weighted by molar-refractivity contribution is -0.148. The second kappa shape index (κ2) is 7.80. The van der Waals surface area contributed by atoms with Crippen LogP contribution < -0.4 is 0 Å². The third-order valence-corrected chi connectivity index (χ3v) is 3.91. The minimum atomic E-state index is -0.360. The molecule has 0 unspecified atom stereocenters. The minimum Gasteiger partial charge on any atom is -0.460 e. The first-order valence-corrected chi connectivity index (χ1v) is 7.81. The number of hydrogen-bond acceptors (Lipinski definition) is 3. The number of hydrogen-bond donors (Lipinski definition) is 0. The van der Waals surface area contributed by atoms with Crippen molar-refractivity contribution in [1.82, 2.24) is 0 Å². The molecule has 2 aromatic rings. The van der Waals surface area contributed by atoms with Crippen LogP contribution in [-0.4, -0.2) is 5.97 Å². The Morgan fingerprint density at radius 2 is 1.83 bits per heavy atom. The molecule has 0 saturated heterocycles. The van der Waals surface area contributed by atoms with Gasteiger partial charge in [0.2, 0.25) is 0 Å². The van der Waals surface area contributed by atoms with Gasteiger partial charge in [-0.3, -0.25) is 4.79 Å². The Kier molecular flexibility index (Phi) is 5.78. The molecule has 0 bridgehead atoms. The molecule has 0 aliphatic rings. The Bertz CT molecular complexity index is 717. The second-order valence-corrected chi connectivity index (χ2v) is 6.09. The van der Waals surface area contributed by atoms with Crippen LogP contribution in [0.25, 0.3) is 0 Å². The molecule has 2 aromatic carbocycles. The van der Waals surface area contributed by atoms with E-state index in [2.05, 4.69) is 6.07 Å². The summed E-state index contributed by atoms with van der Waals surface area (Å²) in [6, 6.07) is 16.4. The van der Waals surface area contributed by atoms with Gasteiger partial charge in [-0.05, 0) is 29.7 Å². The molecule has 0 saturated carbocycles. The number of nitriles is 1. The van der Waals surface area contributed by atoms with Gasteiger partial charge in [0.25, 0.3) is 0 Å². The monoisotopic (exact) mass is 327 g/mol. The topological polar surface area (TPSA) is 50.1 Å². The standard InChI is InChI=1S/C19H18ClNO2/c1-13(2)18(14-7-9-17(20)10-8-14)19(22)23-12-16-6-4-3-5-15(16)11-21/h3-10,13,18H,12H2,1-2H3/t18-/m1/s1. The average molecular weight is 328 g/mol. The molecular formula is C19H18ClNO2. The van der Waals surface area contributed by atoms with Crippen LogP contribution >= 0.6 is 11.6 Å². The van der Waals surface area contributed by atoms with Crippen molar-refractivity contribution in [2.45, 2.75) is 26.4 Å². The lowest BCUT2D eigenvalue weighted by Crippen LogP contribution is -2.21. The Hall–Kier alpha value is -2.31. The molecule has 23 heavy (non-hydrogen) atoms. The van der Waals surface area contributed by atoms with Crippen molar-refractivity contribution in [1.29, 1.82) is 5.26 Å². The number of rotatable bonds is 5. The maximum atomic E-state index is 12.5. The number of nitrogens with zero attached hydrogens (tertiary/aromatic N) is 1. The number of benzene rings is 2. The molecule has 0 aliphatic heterocycles. The van der Waals surface area contributed by atoms with E-state index in [1.165, 1.54) is 0 Å². The maximum absolute atomic E-state index is 12.5. The first-order valence-electron chi connectivity index (χ1n) is 7.43. The second-order valence-electron chi connectivity index (χ2n) is 5.65. The van der Waals surface area contributed by atoms with E-state index >= 15 is 0 Å². The Morgan fingerprint density at radius 3 is 2.43 bits per heavy atom. The summed E-state index contributed by atoms with van der Waals surface area (Å²) >= 11 is 5.90. The minimum absolute atomic E-state index is 0.0925. The van der Waals surface area contributed by atoms with Gasteiger partial charge in [0.1, 0.15) is 6.61 Å². The van der Waals surface area contributed by atoms with Gasteiger partial charge >= 0.3 is 5.97 Å². The van der Waals surface area contributed by atoms with Crippen molar-refractivity contribution >= 4 is 17.6 Å². The number of carbonyl (C=O) groups excluding carboxylic acids is 1. The van der Waals surface area contributed by atoms with E-state index in [1.807, 2.05) is 32.0 Å². The predicted molar refractivity (Wildman–Crippen MR) is 90.0 cm³/mol. The van der Waals surface area contributed by atoms with Gasteiger partial charge in [-0.25, -0.2) is 0 Å². The normalized spacial score (nSPS) is 11.8. The van der Waals surface area contributed by atoms with Crippen LogP contribution in [0.15, 0.2) is 48.5 Å². The molecule has 0 heterocycles. The summed E-state index contributed by atoms with van der Waals surface area (Å²) in [6.45, 7) is 4.05. The largest absolute Gasteiger partial charge is 0.460 e. The average Bonchev–Trinajstić information content (AvgIpc) is 2.55. The molecule has 0 spiro atoms. The number of esters is 1. The summed E-state index contributed by atoms with van der Waals surface area (Å²) in [5.41, 5.74) is 2.11. The summed E-state index contributed by atoms with van der Waals surface area (Å²) in [4.78, 5) is 12.5. The number of carbonyl (C=O) groups is 1. The van der Waals surface area contributed by atoms with Gasteiger partial charge in [0.15, 0.2) is 0 Å². The smallest absolute Gasteiger partial charge is 0.314 e. The zero-order valence-corrected chi connectivity index (χ0v) is 13.9. The lowest BCUT2D eigenvalue weighted by Gasteiger charge is -2.20. The quantitative estimate of drug-likeness (QED) is 0.748. The molecular weight excluding hydrogens is 310 g/mol. The van der Waals surface area contributed by atoms with Crippen LogP contribution in [-0.2, 0) is 16.1 Å². The van der Waals surface area contributed by atoms with Crippen molar-refractivity contribution in [2.24, 2.45) is 5.92 Å². The van der Waals surface area contributed by atoms with Crippen molar-refractivity contribution in [3.63, 3.8) is 0 Å². The van der Waals surface area contributed by atoms with Crippen molar-refractivity contribution < 1.29 is 9.53 Å². The van der Waals surface area contributed by atoms with E-state index in [4.69, 9.17) is 21.6 Å². The summed E-state index contributed by atoms with van der Waals surface area (Å²) in [5.74, 6) is -0.563. The molecule has 0 amide bonds. The zero-order valence-electron chi connectivity index (χ0n) is 13.1. The first kappa shape index (κ1) is 17.1. The molecule has 0 radical (unpaired) electrons. The third kappa shape index (κ3) is 4.34. The van der Waals surface area contributed by atoms with Crippen molar-refractivity contribution in [2.75, 3.05) is 0 Å². The molecule has 3 nitrogen and oxygen atoms in total. The van der Waals surface area contributed by atoms with Crippen LogP contribution in [0.4, 0.5) is 0 Å². The summed E-state index contributed by atoms with van der Waals surface area (Å²) in [6.07, 6.45) is 0. The Morgan fingerprint density at radius 1 is 1.17 bits per heavy atom. The van der Waals surface area contributed by atoms with Gasteiger partial charge in [0, 0.05) is 10.6 Å². The van der Waals surface area contributed by atoms with Gasteiger partial charge in [-0.2, -0.15) is 5.26 Å². The van der Waals surface area contributed by atoms with Crippen LogP contribution in [0, 0.1) is 17.2 Å². The third-order valence-electron chi connectivity index (χ3n) is 3.66. The zero-order chi connectivity index (χ0) is 16.8. The molecule has 4 heteroatoms. The van der Waals surface area contributed by atoms with Gasteiger partial charge < -0.3 is 4.74 Å². The van der Waals surface area contributed by atoms with E-state index in [-0.39, 0.29) is 24.4 Å². The highest BCUT2D eigenvalue weighted by Gasteiger charge is 2.25. The predicted octanol–water partition coefficient (Wildman–Crippen LogP) is 4.69. The maximum Gasteiger partial charge on any atom is 0.314 e. The number of halogens is 1. The highest BCUT2D eigenvalue weighted by atomic mass is 35.5. The first-order chi connectivity index (χ1) is 11.0. The van der Waals surface area contributed by atoms with Crippen molar-refractivity contribution in [3.8, 4) is 6.07 Å². The molecule has 0 aliphatic carbocycles. The SMILES string of the molecule is CC(C)[C@@H](C(=O)OCc1ccccc1C#N)c1ccc(Cl)cc1. The van der Waals surface area contributed by atoms with Crippen LogP contribution in [0.3, 0.4) is 0 Å². The molecule has 0 N–H and O–H groups in total. The molecule has 118 valence electrons. The Labute approximate surface area is 141 Å². The van der Waals surface area contributed by atoms with Gasteiger partial charge in [0.05, 0.1) is 17.6 Å². The molecule has 0 fully saturated rings. The van der Waals surface area contributed by atoms with E-state index in [0.29, 0.717) is 16.1 Å². The van der Waals surface area contributed by atoms with Crippen molar-refractivity contribution in [3.05, 3.63) is 70.2 Å². The fourth-order valence-electron chi connectivity index (χ4n) is 2.46. The fraction of sp³-hybridized carbons (Fsp3) is 0.263. The Balaban J connectivity index is 2.13.